The van der Waals surface area contributed by atoms with Gasteiger partial charge in [0, 0.05) is 12.0 Å². The van der Waals surface area contributed by atoms with Crippen molar-refractivity contribution in [1.82, 2.24) is 0 Å². The summed E-state index contributed by atoms with van der Waals surface area (Å²) in [6.07, 6.45) is 0.474. The Bertz CT molecular complexity index is 651. The summed E-state index contributed by atoms with van der Waals surface area (Å²) in [6, 6.07) is 11.9. The molecule has 0 amide bonds. The lowest BCUT2D eigenvalue weighted by Gasteiger charge is -2.08. The molecular formula is C18H17FO2. The van der Waals surface area contributed by atoms with E-state index in [-0.39, 0.29) is 12.4 Å². The zero-order chi connectivity index (χ0) is 15.1. The van der Waals surface area contributed by atoms with E-state index in [0.717, 1.165) is 22.4 Å². The van der Waals surface area contributed by atoms with E-state index in [9.17, 15) is 4.39 Å². The first kappa shape index (κ1) is 15.1. The van der Waals surface area contributed by atoms with Crippen molar-refractivity contribution in [3.05, 3.63) is 65.0 Å². The molecule has 0 aliphatic heterocycles. The van der Waals surface area contributed by atoms with E-state index in [1.54, 1.807) is 12.1 Å². The number of benzene rings is 2. The van der Waals surface area contributed by atoms with Crippen molar-refractivity contribution in [2.45, 2.75) is 20.0 Å². The first-order chi connectivity index (χ1) is 10.2. The largest absolute Gasteiger partial charge is 0.489 e. The average Bonchev–Trinajstić information content (AvgIpc) is 2.49. The van der Waals surface area contributed by atoms with Crippen LogP contribution in [0.15, 0.2) is 42.5 Å². The van der Waals surface area contributed by atoms with Crippen LogP contribution in [0, 0.1) is 24.6 Å². The molecule has 0 radical (unpaired) electrons. The highest BCUT2D eigenvalue weighted by atomic mass is 19.1. The molecule has 0 aromatic heterocycles. The SMILES string of the molecule is Cc1cc(OCc2ccc(F)cc2)ccc1C#CCCO. The van der Waals surface area contributed by atoms with Gasteiger partial charge in [-0.25, -0.2) is 4.39 Å². The number of rotatable bonds is 4. The number of aliphatic hydroxyl groups excluding tert-OH is 1. The first-order valence-electron chi connectivity index (χ1n) is 6.76. The van der Waals surface area contributed by atoms with E-state index in [4.69, 9.17) is 9.84 Å². The lowest BCUT2D eigenvalue weighted by atomic mass is 10.1. The van der Waals surface area contributed by atoms with Gasteiger partial charge in [-0.1, -0.05) is 24.0 Å². The van der Waals surface area contributed by atoms with Crippen LogP contribution in [0.3, 0.4) is 0 Å². The van der Waals surface area contributed by atoms with Crippen LogP contribution in [0.25, 0.3) is 0 Å². The van der Waals surface area contributed by atoms with Crippen molar-refractivity contribution in [3.63, 3.8) is 0 Å². The molecule has 0 fully saturated rings. The number of aliphatic hydroxyl groups is 1. The van der Waals surface area contributed by atoms with Crippen molar-refractivity contribution in [2.24, 2.45) is 0 Å². The maximum atomic E-state index is 12.8. The van der Waals surface area contributed by atoms with Crippen molar-refractivity contribution in [2.75, 3.05) is 6.61 Å². The molecule has 0 spiro atoms. The topological polar surface area (TPSA) is 29.5 Å². The monoisotopic (exact) mass is 284 g/mol. The van der Waals surface area contributed by atoms with Crippen molar-refractivity contribution in [3.8, 4) is 17.6 Å². The molecule has 3 heteroatoms. The summed E-state index contributed by atoms with van der Waals surface area (Å²) in [7, 11) is 0. The third kappa shape index (κ3) is 4.62. The molecule has 21 heavy (non-hydrogen) atoms. The van der Waals surface area contributed by atoms with Gasteiger partial charge >= 0.3 is 0 Å². The highest BCUT2D eigenvalue weighted by molar-refractivity contribution is 5.44. The number of aryl methyl sites for hydroxylation is 1. The predicted molar refractivity (Wildman–Crippen MR) is 80.5 cm³/mol. The van der Waals surface area contributed by atoms with E-state index >= 15 is 0 Å². The Morgan fingerprint density at radius 3 is 2.57 bits per heavy atom. The van der Waals surface area contributed by atoms with Gasteiger partial charge < -0.3 is 9.84 Å². The van der Waals surface area contributed by atoms with Crippen LogP contribution >= 0.6 is 0 Å². The van der Waals surface area contributed by atoms with E-state index in [1.165, 1.54) is 12.1 Å². The maximum absolute atomic E-state index is 12.8. The minimum absolute atomic E-state index is 0.0743. The molecule has 0 heterocycles. The Morgan fingerprint density at radius 1 is 1.14 bits per heavy atom. The van der Waals surface area contributed by atoms with Gasteiger partial charge in [-0.05, 0) is 48.4 Å². The smallest absolute Gasteiger partial charge is 0.123 e. The van der Waals surface area contributed by atoms with Crippen LogP contribution in [0.2, 0.25) is 0 Å². The average molecular weight is 284 g/mol. The Balaban J connectivity index is 2.00. The molecule has 2 nitrogen and oxygen atoms in total. The lowest BCUT2D eigenvalue weighted by molar-refractivity contribution is 0.305. The summed E-state index contributed by atoms with van der Waals surface area (Å²) in [5, 5.41) is 8.71. The van der Waals surface area contributed by atoms with E-state index < -0.39 is 0 Å². The lowest BCUT2D eigenvalue weighted by Crippen LogP contribution is -1.96. The van der Waals surface area contributed by atoms with Crippen LogP contribution in [0.4, 0.5) is 4.39 Å². The molecule has 0 aliphatic carbocycles. The number of halogens is 1. The molecule has 0 saturated heterocycles. The molecule has 108 valence electrons. The number of hydrogen-bond donors (Lipinski definition) is 1. The molecule has 0 aliphatic rings. The van der Waals surface area contributed by atoms with Gasteiger partial charge in [-0.15, -0.1) is 0 Å². The number of ether oxygens (including phenoxy) is 1. The van der Waals surface area contributed by atoms with Gasteiger partial charge in [0.2, 0.25) is 0 Å². The van der Waals surface area contributed by atoms with Gasteiger partial charge in [0.15, 0.2) is 0 Å². The standard InChI is InChI=1S/C18H17FO2/c1-14-12-18(10-7-16(14)4-2-3-11-20)21-13-15-5-8-17(19)9-6-15/h5-10,12,20H,3,11,13H2,1H3. The second-order valence-electron chi connectivity index (χ2n) is 4.67. The van der Waals surface area contributed by atoms with Crippen LogP contribution in [-0.2, 0) is 6.61 Å². The summed E-state index contributed by atoms with van der Waals surface area (Å²) in [4.78, 5) is 0. The zero-order valence-electron chi connectivity index (χ0n) is 11.9. The Morgan fingerprint density at radius 2 is 1.90 bits per heavy atom. The second kappa shape index (κ2) is 7.47. The second-order valence-corrected chi connectivity index (χ2v) is 4.67. The summed E-state index contributed by atoms with van der Waals surface area (Å²) >= 11 is 0. The third-order valence-corrected chi connectivity index (χ3v) is 2.98. The normalized spacial score (nSPS) is 9.86. The maximum Gasteiger partial charge on any atom is 0.123 e. The molecule has 0 atom stereocenters. The fourth-order valence-electron chi connectivity index (χ4n) is 1.83. The van der Waals surface area contributed by atoms with E-state index in [0.29, 0.717) is 13.0 Å². The quantitative estimate of drug-likeness (QED) is 0.871. The Hall–Kier alpha value is -2.31. The van der Waals surface area contributed by atoms with Crippen LogP contribution < -0.4 is 4.74 Å². The highest BCUT2D eigenvalue weighted by Gasteiger charge is 2.00. The summed E-state index contributed by atoms with van der Waals surface area (Å²) in [6.45, 7) is 2.44. The van der Waals surface area contributed by atoms with Crippen LogP contribution in [0.1, 0.15) is 23.1 Å². The molecule has 0 saturated carbocycles. The van der Waals surface area contributed by atoms with E-state index in [2.05, 4.69) is 11.8 Å². The Labute approximate surface area is 124 Å². The predicted octanol–water partition coefficient (Wildman–Crippen LogP) is 3.45. The minimum Gasteiger partial charge on any atom is -0.489 e. The van der Waals surface area contributed by atoms with Crippen molar-refractivity contribution in [1.29, 1.82) is 0 Å². The summed E-state index contributed by atoms with van der Waals surface area (Å²) in [5.74, 6) is 6.42. The molecule has 1 N–H and O–H groups in total. The summed E-state index contributed by atoms with van der Waals surface area (Å²) in [5.41, 5.74) is 2.87. The third-order valence-electron chi connectivity index (χ3n) is 2.98. The van der Waals surface area contributed by atoms with Crippen LogP contribution in [0.5, 0.6) is 5.75 Å². The minimum atomic E-state index is -0.250. The molecule has 0 bridgehead atoms. The molecule has 2 aromatic rings. The first-order valence-corrected chi connectivity index (χ1v) is 6.76. The van der Waals surface area contributed by atoms with Crippen molar-refractivity contribution < 1.29 is 14.2 Å². The van der Waals surface area contributed by atoms with Gasteiger partial charge in [-0.2, -0.15) is 0 Å². The fraction of sp³-hybridized carbons (Fsp3) is 0.222. The highest BCUT2D eigenvalue weighted by Crippen LogP contribution is 2.18. The summed E-state index contributed by atoms with van der Waals surface area (Å²) < 4.78 is 18.5. The molecule has 0 unspecified atom stereocenters. The molecule has 2 aromatic carbocycles. The van der Waals surface area contributed by atoms with Gasteiger partial charge in [0.25, 0.3) is 0 Å². The zero-order valence-corrected chi connectivity index (χ0v) is 11.9. The fourth-order valence-corrected chi connectivity index (χ4v) is 1.83. The Kier molecular flexibility index (Phi) is 5.36. The van der Waals surface area contributed by atoms with Gasteiger partial charge in [0.1, 0.15) is 18.2 Å². The number of hydrogen-bond acceptors (Lipinski definition) is 2. The van der Waals surface area contributed by atoms with Gasteiger partial charge in [-0.3, -0.25) is 0 Å². The van der Waals surface area contributed by atoms with Crippen molar-refractivity contribution >= 4 is 0 Å². The molecular weight excluding hydrogens is 267 g/mol. The van der Waals surface area contributed by atoms with Gasteiger partial charge in [0.05, 0.1) is 6.61 Å². The van der Waals surface area contributed by atoms with E-state index in [1.807, 2.05) is 25.1 Å². The van der Waals surface area contributed by atoms with Crippen LogP contribution in [-0.4, -0.2) is 11.7 Å². The molecule has 2 rings (SSSR count).